The normalized spacial score (nSPS) is 17.4. The average Bonchev–Trinajstić information content (AvgIpc) is 2.88. The molecule has 1 aliphatic heterocycles. The summed E-state index contributed by atoms with van der Waals surface area (Å²) >= 11 is 0. The highest BCUT2D eigenvalue weighted by molar-refractivity contribution is 4.91. The Morgan fingerprint density at radius 2 is 2.07 bits per heavy atom. The lowest BCUT2D eigenvalue weighted by Gasteiger charge is -2.14. The molecule has 0 saturated carbocycles. The molecule has 84 valence electrons. The number of imidazole rings is 1. The summed E-state index contributed by atoms with van der Waals surface area (Å²) in [6.45, 7) is 5.36. The van der Waals surface area contributed by atoms with E-state index in [0.29, 0.717) is 6.54 Å². The van der Waals surface area contributed by atoms with Gasteiger partial charge in [-0.2, -0.15) is 0 Å². The van der Waals surface area contributed by atoms with E-state index in [2.05, 4.69) is 14.5 Å². The summed E-state index contributed by atoms with van der Waals surface area (Å²) in [5, 5.41) is 0. The van der Waals surface area contributed by atoms with Gasteiger partial charge in [0.2, 0.25) is 0 Å². The Kier molecular flexibility index (Phi) is 3.75. The van der Waals surface area contributed by atoms with Crippen LogP contribution >= 0.6 is 0 Å². The quantitative estimate of drug-likeness (QED) is 0.779. The van der Waals surface area contributed by atoms with Crippen molar-refractivity contribution in [2.24, 2.45) is 5.73 Å². The summed E-state index contributed by atoms with van der Waals surface area (Å²) in [4.78, 5) is 6.75. The number of nitrogens with two attached hydrogens (primary N) is 1. The average molecular weight is 208 g/mol. The summed E-state index contributed by atoms with van der Waals surface area (Å²) in [6, 6.07) is 0. The van der Waals surface area contributed by atoms with Crippen LogP contribution in [0.1, 0.15) is 25.1 Å². The number of rotatable bonds is 5. The molecule has 4 nitrogen and oxygen atoms in total. The van der Waals surface area contributed by atoms with Crippen molar-refractivity contribution >= 4 is 0 Å². The van der Waals surface area contributed by atoms with Crippen molar-refractivity contribution in [1.29, 1.82) is 0 Å². The summed E-state index contributed by atoms with van der Waals surface area (Å²) in [5.41, 5.74) is 5.60. The first-order chi connectivity index (χ1) is 7.40. The maximum Gasteiger partial charge on any atom is 0.122 e. The van der Waals surface area contributed by atoms with Crippen LogP contribution in [0.5, 0.6) is 0 Å². The largest absolute Gasteiger partial charge is 0.334 e. The number of aromatic nitrogens is 2. The molecular formula is C11H20N4. The van der Waals surface area contributed by atoms with Gasteiger partial charge in [-0.05, 0) is 38.9 Å². The fraction of sp³-hybridized carbons (Fsp3) is 0.727. The van der Waals surface area contributed by atoms with E-state index >= 15 is 0 Å². The van der Waals surface area contributed by atoms with E-state index < -0.39 is 0 Å². The van der Waals surface area contributed by atoms with Gasteiger partial charge in [0.1, 0.15) is 5.82 Å². The first kappa shape index (κ1) is 10.6. The van der Waals surface area contributed by atoms with Crippen molar-refractivity contribution in [1.82, 2.24) is 14.5 Å². The van der Waals surface area contributed by atoms with Gasteiger partial charge in [-0.1, -0.05) is 0 Å². The minimum atomic E-state index is 0.538. The zero-order valence-corrected chi connectivity index (χ0v) is 9.23. The van der Waals surface area contributed by atoms with E-state index in [1.165, 1.54) is 38.9 Å². The van der Waals surface area contributed by atoms with Gasteiger partial charge in [0, 0.05) is 18.9 Å². The Balaban J connectivity index is 1.73. The smallest absolute Gasteiger partial charge is 0.122 e. The van der Waals surface area contributed by atoms with Gasteiger partial charge in [0.25, 0.3) is 0 Å². The van der Waals surface area contributed by atoms with Crippen molar-refractivity contribution < 1.29 is 0 Å². The molecule has 0 aromatic carbocycles. The molecule has 2 heterocycles. The highest BCUT2D eigenvalue weighted by atomic mass is 15.1. The second-order valence-corrected chi connectivity index (χ2v) is 4.14. The number of likely N-dealkylation sites (tertiary alicyclic amines) is 1. The maximum atomic E-state index is 5.60. The van der Waals surface area contributed by atoms with Gasteiger partial charge < -0.3 is 15.2 Å². The van der Waals surface area contributed by atoms with E-state index in [9.17, 15) is 0 Å². The first-order valence-electron chi connectivity index (χ1n) is 5.82. The van der Waals surface area contributed by atoms with Gasteiger partial charge in [-0.25, -0.2) is 4.98 Å². The minimum Gasteiger partial charge on any atom is -0.334 e. The minimum absolute atomic E-state index is 0.538. The Hall–Kier alpha value is -0.870. The van der Waals surface area contributed by atoms with Crippen molar-refractivity contribution in [3.63, 3.8) is 0 Å². The highest BCUT2D eigenvalue weighted by Gasteiger charge is 2.10. The highest BCUT2D eigenvalue weighted by Crippen LogP contribution is 2.08. The molecule has 1 aliphatic rings. The Bertz CT molecular complexity index is 289. The van der Waals surface area contributed by atoms with E-state index in [0.717, 1.165) is 12.4 Å². The number of hydrogen-bond donors (Lipinski definition) is 1. The molecule has 0 amide bonds. The molecule has 1 fully saturated rings. The Labute approximate surface area is 91.1 Å². The summed E-state index contributed by atoms with van der Waals surface area (Å²) in [5.74, 6) is 0.997. The van der Waals surface area contributed by atoms with Gasteiger partial charge >= 0.3 is 0 Å². The van der Waals surface area contributed by atoms with Crippen molar-refractivity contribution in [3.05, 3.63) is 18.2 Å². The third-order valence-corrected chi connectivity index (χ3v) is 3.06. The number of hydrogen-bond acceptors (Lipinski definition) is 3. The van der Waals surface area contributed by atoms with Crippen LogP contribution in [0.15, 0.2) is 12.4 Å². The molecule has 2 rings (SSSR count). The van der Waals surface area contributed by atoms with E-state index in [4.69, 9.17) is 5.73 Å². The summed E-state index contributed by atoms with van der Waals surface area (Å²) < 4.78 is 2.16. The monoisotopic (exact) mass is 208 g/mol. The van der Waals surface area contributed by atoms with Crippen LogP contribution in [-0.4, -0.2) is 34.1 Å². The predicted octanol–water partition coefficient (Wildman–Crippen LogP) is 0.828. The van der Waals surface area contributed by atoms with Crippen LogP contribution in [0.3, 0.4) is 0 Å². The van der Waals surface area contributed by atoms with Gasteiger partial charge in [-0.3, -0.25) is 0 Å². The molecule has 4 heteroatoms. The van der Waals surface area contributed by atoms with Crippen molar-refractivity contribution in [2.75, 3.05) is 19.6 Å². The second kappa shape index (κ2) is 5.28. The zero-order valence-electron chi connectivity index (χ0n) is 9.23. The molecule has 1 saturated heterocycles. The fourth-order valence-electron chi connectivity index (χ4n) is 2.20. The zero-order chi connectivity index (χ0) is 10.5. The molecule has 0 aliphatic carbocycles. The van der Waals surface area contributed by atoms with Gasteiger partial charge in [0.05, 0.1) is 6.54 Å². The van der Waals surface area contributed by atoms with Crippen LogP contribution in [0, 0.1) is 0 Å². The van der Waals surface area contributed by atoms with E-state index in [1.54, 1.807) is 0 Å². The number of aryl methyl sites for hydroxylation is 1. The molecule has 0 unspecified atom stereocenters. The molecule has 0 atom stereocenters. The van der Waals surface area contributed by atoms with Crippen molar-refractivity contribution in [2.45, 2.75) is 32.4 Å². The maximum absolute atomic E-state index is 5.60. The first-order valence-corrected chi connectivity index (χ1v) is 5.82. The van der Waals surface area contributed by atoms with Crippen LogP contribution in [0.25, 0.3) is 0 Å². The molecular weight excluding hydrogens is 188 g/mol. The molecule has 1 aromatic rings. The number of nitrogens with zero attached hydrogens (tertiary/aromatic N) is 3. The lowest BCUT2D eigenvalue weighted by molar-refractivity contribution is 0.324. The molecule has 0 radical (unpaired) electrons. The SMILES string of the molecule is NCc1nccn1CCCN1CCCC1. The van der Waals surface area contributed by atoms with E-state index in [1.807, 2.05) is 12.4 Å². The standard InChI is InChI=1S/C11H20N4/c12-10-11-13-4-9-15(11)8-3-7-14-5-1-2-6-14/h4,9H,1-3,5-8,10,12H2. The fourth-order valence-corrected chi connectivity index (χ4v) is 2.20. The lowest BCUT2D eigenvalue weighted by atomic mass is 10.4. The van der Waals surface area contributed by atoms with Crippen molar-refractivity contribution in [3.8, 4) is 0 Å². The van der Waals surface area contributed by atoms with Crippen LogP contribution < -0.4 is 5.73 Å². The van der Waals surface area contributed by atoms with Gasteiger partial charge in [0.15, 0.2) is 0 Å². The topological polar surface area (TPSA) is 47.1 Å². The molecule has 15 heavy (non-hydrogen) atoms. The third-order valence-electron chi connectivity index (χ3n) is 3.06. The van der Waals surface area contributed by atoms with Gasteiger partial charge in [-0.15, -0.1) is 0 Å². The molecule has 2 N–H and O–H groups in total. The van der Waals surface area contributed by atoms with Crippen LogP contribution in [0.4, 0.5) is 0 Å². The summed E-state index contributed by atoms with van der Waals surface area (Å²) in [7, 11) is 0. The molecule has 0 spiro atoms. The van der Waals surface area contributed by atoms with Crippen LogP contribution in [-0.2, 0) is 13.1 Å². The predicted molar refractivity (Wildman–Crippen MR) is 60.4 cm³/mol. The second-order valence-electron chi connectivity index (χ2n) is 4.14. The van der Waals surface area contributed by atoms with E-state index in [-0.39, 0.29) is 0 Å². The Morgan fingerprint density at radius 3 is 2.80 bits per heavy atom. The molecule has 1 aromatic heterocycles. The summed E-state index contributed by atoms with van der Waals surface area (Å²) in [6.07, 6.45) is 7.80. The molecule has 0 bridgehead atoms. The lowest BCUT2D eigenvalue weighted by Crippen LogP contribution is -2.22. The Morgan fingerprint density at radius 1 is 1.27 bits per heavy atom. The third kappa shape index (κ3) is 2.79. The van der Waals surface area contributed by atoms with Crippen LogP contribution in [0.2, 0.25) is 0 Å².